The van der Waals surface area contributed by atoms with Crippen LogP contribution in [0, 0.1) is 35.2 Å². The SMILES string of the molecule is CCCCCC1CCC(C2CCC(c3cc(F)cc(OCc4ccc(F)c(F)c4)c3)CC2)CC1. The minimum Gasteiger partial charge on any atom is -0.489 e. The molecule has 2 fully saturated rings. The number of halogens is 3. The van der Waals surface area contributed by atoms with E-state index in [0.717, 1.165) is 48.3 Å². The van der Waals surface area contributed by atoms with Gasteiger partial charge in [-0.2, -0.15) is 0 Å². The zero-order chi connectivity index (χ0) is 23.9. The first kappa shape index (κ1) is 25.1. The number of ether oxygens (including phenoxy) is 1. The Labute approximate surface area is 203 Å². The minimum absolute atomic E-state index is 0.0773. The van der Waals surface area contributed by atoms with Crippen molar-refractivity contribution in [2.75, 3.05) is 0 Å². The molecule has 0 saturated heterocycles. The first-order chi connectivity index (χ1) is 16.5. The van der Waals surface area contributed by atoms with Crippen LogP contribution in [0.2, 0.25) is 0 Å². The molecule has 1 nitrogen and oxygen atoms in total. The second-order valence-corrected chi connectivity index (χ2v) is 10.6. The fraction of sp³-hybridized carbons (Fsp3) is 0.600. The lowest BCUT2D eigenvalue weighted by Crippen LogP contribution is -2.25. The average molecular weight is 473 g/mol. The highest BCUT2D eigenvalue weighted by molar-refractivity contribution is 5.32. The maximum Gasteiger partial charge on any atom is 0.159 e. The van der Waals surface area contributed by atoms with E-state index in [0.29, 0.717) is 17.2 Å². The second-order valence-electron chi connectivity index (χ2n) is 10.6. The number of hydrogen-bond donors (Lipinski definition) is 0. The normalized spacial score (nSPS) is 25.3. The van der Waals surface area contributed by atoms with Crippen LogP contribution in [0.15, 0.2) is 36.4 Å². The van der Waals surface area contributed by atoms with E-state index in [2.05, 4.69) is 6.92 Å². The largest absolute Gasteiger partial charge is 0.489 e. The maximum atomic E-state index is 14.4. The predicted octanol–water partition coefficient (Wildman–Crippen LogP) is 9.34. The topological polar surface area (TPSA) is 9.23 Å². The van der Waals surface area contributed by atoms with Gasteiger partial charge in [0.05, 0.1) is 0 Å². The molecule has 34 heavy (non-hydrogen) atoms. The maximum absolute atomic E-state index is 14.4. The Morgan fingerprint density at radius 1 is 0.765 bits per heavy atom. The first-order valence-corrected chi connectivity index (χ1v) is 13.4. The standard InChI is InChI=1S/C30H39F3O/c1-2-3-4-5-21-6-9-23(10-7-21)24-11-13-25(14-12-24)26-17-27(31)19-28(18-26)34-20-22-8-15-29(32)30(33)16-22/h8,15-19,21,23-25H,2-7,9-14,20H2,1H3. The van der Waals surface area contributed by atoms with E-state index in [4.69, 9.17) is 4.74 Å². The van der Waals surface area contributed by atoms with Gasteiger partial charge in [-0.1, -0.05) is 51.5 Å². The lowest BCUT2D eigenvalue weighted by molar-refractivity contribution is 0.155. The molecule has 0 amide bonds. The van der Waals surface area contributed by atoms with Crippen molar-refractivity contribution in [2.45, 2.75) is 96.5 Å². The fourth-order valence-corrected chi connectivity index (χ4v) is 6.25. The number of unbranched alkanes of at least 4 members (excludes halogenated alkanes) is 2. The molecular formula is C30H39F3O. The van der Waals surface area contributed by atoms with Gasteiger partial charge in [0.25, 0.3) is 0 Å². The molecule has 2 aliphatic rings. The summed E-state index contributed by atoms with van der Waals surface area (Å²) in [6.45, 7) is 2.36. The molecule has 2 aromatic carbocycles. The van der Waals surface area contributed by atoms with Gasteiger partial charge in [0.1, 0.15) is 18.2 Å². The molecule has 0 unspecified atom stereocenters. The zero-order valence-corrected chi connectivity index (χ0v) is 20.5. The van der Waals surface area contributed by atoms with Gasteiger partial charge < -0.3 is 4.74 Å². The molecule has 4 heteroatoms. The van der Waals surface area contributed by atoms with Gasteiger partial charge in [-0.15, -0.1) is 0 Å². The molecule has 0 aromatic heterocycles. The molecule has 0 radical (unpaired) electrons. The van der Waals surface area contributed by atoms with E-state index in [-0.39, 0.29) is 12.4 Å². The summed E-state index contributed by atoms with van der Waals surface area (Å²) in [7, 11) is 0. The molecular weight excluding hydrogens is 433 g/mol. The summed E-state index contributed by atoms with van der Waals surface area (Å²) >= 11 is 0. The summed E-state index contributed by atoms with van der Waals surface area (Å²) in [6, 6.07) is 8.62. The van der Waals surface area contributed by atoms with Gasteiger partial charge in [0.15, 0.2) is 11.6 Å². The Morgan fingerprint density at radius 3 is 2.15 bits per heavy atom. The highest BCUT2D eigenvalue weighted by Crippen LogP contribution is 2.45. The van der Waals surface area contributed by atoms with Crippen molar-refractivity contribution in [3.05, 3.63) is 65.0 Å². The summed E-state index contributed by atoms with van der Waals surface area (Å²) in [5.74, 6) is 1.38. The van der Waals surface area contributed by atoms with E-state index in [1.54, 1.807) is 6.07 Å². The minimum atomic E-state index is -0.900. The molecule has 0 N–H and O–H groups in total. The van der Waals surface area contributed by atoms with E-state index in [1.807, 2.05) is 6.07 Å². The van der Waals surface area contributed by atoms with Crippen LogP contribution in [0.4, 0.5) is 13.2 Å². The zero-order valence-electron chi connectivity index (χ0n) is 20.5. The smallest absolute Gasteiger partial charge is 0.159 e. The van der Waals surface area contributed by atoms with Crippen LogP contribution in [0.3, 0.4) is 0 Å². The molecule has 0 heterocycles. The third kappa shape index (κ3) is 6.79. The van der Waals surface area contributed by atoms with Gasteiger partial charge in [-0.05, 0) is 97.6 Å². The summed E-state index contributed by atoms with van der Waals surface area (Å²) < 4.78 is 46.6. The quantitative estimate of drug-likeness (QED) is 0.330. The Balaban J connectivity index is 1.27. The number of hydrogen-bond acceptors (Lipinski definition) is 1. The average Bonchev–Trinajstić information content (AvgIpc) is 2.85. The van der Waals surface area contributed by atoms with Crippen LogP contribution < -0.4 is 4.74 Å². The van der Waals surface area contributed by atoms with E-state index in [1.165, 1.54) is 76.3 Å². The highest BCUT2D eigenvalue weighted by Gasteiger charge is 2.31. The van der Waals surface area contributed by atoms with Gasteiger partial charge in [-0.25, -0.2) is 13.2 Å². The third-order valence-electron chi connectivity index (χ3n) is 8.30. The predicted molar refractivity (Wildman–Crippen MR) is 131 cm³/mol. The van der Waals surface area contributed by atoms with Crippen LogP contribution in [0.1, 0.15) is 101 Å². The molecule has 2 aliphatic carbocycles. The van der Waals surface area contributed by atoms with E-state index in [9.17, 15) is 13.2 Å². The van der Waals surface area contributed by atoms with Crippen LogP contribution in [-0.2, 0) is 6.61 Å². The number of benzene rings is 2. The van der Waals surface area contributed by atoms with Crippen molar-refractivity contribution in [1.29, 1.82) is 0 Å². The first-order valence-electron chi connectivity index (χ1n) is 13.4. The monoisotopic (exact) mass is 472 g/mol. The molecule has 4 rings (SSSR count). The molecule has 2 aromatic rings. The Morgan fingerprint density at radius 2 is 1.47 bits per heavy atom. The second kappa shape index (κ2) is 12.1. The Bertz CT molecular complexity index is 911. The van der Waals surface area contributed by atoms with Crippen LogP contribution >= 0.6 is 0 Å². The molecule has 2 saturated carbocycles. The van der Waals surface area contributed by atoms with Crippen molar-refractivity contribution in [3.63, 3.8) is 0 Å². The molecule has 0 atom stereocenters. The van der Waals surface area contributed by atoms with Crippen LogP contribution in [0.25, 0.3) is 0 Å². The Kier molecular flexibility index (Phi) is 8.97. The number of rotatable bonds is 9. The van der Waals surface area contributed by atoms with Crippen molar-refractivity contribution in [2.24, 2.45) is 17.8 Å². The van der Waals surface area contributed by atoms with Gasteiger partial charge in [-0.3, -0.25) is 0 Å². The molecule has 0 spiro atoms. The van der Waals surface area contributed by atoms with Crippen LogP contribution in [-0.4, -0.2) is 0 Å². The van der Waals surface area contributed by atoms with Crippen molar-refractivity contribution >= 4 is 0 Å². The van der Waals surface area contributed by atoms with Crippen molar-refractivity contribution in [1.82, 2.24) is 0 Å². The molecule has 186 valence electrons. The Hall–Kier alpha value is -1.97. The van der Waals surface area contributed by atoms with Crippen molar-refractivity contribution < 1.29 is 17.9 Å². The summed E-state index contributed by atoms with van der Waals surface area (Å²) in [6.07, 6.45) is 15.8. The summed E-state index contributed by atoms with van der Waals surface area (Å²) in [5.41, 5.74) is 1.52. The fourth-order valence-electron chi connectivity index (χ4n) is 6.25. The lowest BCUT2D eigenvalue weighted by Gasteiger charge is -2.38. The molecule has 0 aliphatic heterocycles. The van der Waals surface area contributed by atoms with Gasteiger partial charge in [0, 0.05) is 6.07 Å². The highest BCUT2D eigenvalue weighted by atomic mass is 19.2. The van der Waals surface area contributed by atoms with E-state index < -0.39 is 11.6 Å². The van der Waals surface area contributed by atoms with E-state index >= 15 is 0 Å². The van der Waals surface area contributed by atoms with Gasteiger partial charge >= 0.3 is 0 Å². The third-order valence-corrected chi connectivity index (χ3v) is 8.30. The van der Waals surface area contributed by atoms with Crippen molar-refractivity contribution in [3.8, 4) is 5.75 Å². The summed E-state index contributed by atoms with van der Waals surface area (Å²) in [5, 5.41) is 0. The summed E-state index contributed by atoms with van der Waals surface area (Å²) in [4.78, 5) is 0. The van der Waals surface area contributed by atoms with Crippen LogP contribution in [0.5, 0.6) is 5.75 Å². The lowest BCUT2D eigenvalue weighted by atomic mass is 9.68. The van der Waals surface area contributed by atoms with Gasteiger partial charge in [0.2, 0.25) is 0 Å². The molecule has 0 bridgehead atoms.